The highest BCUT2D eigenvalue weighted by Gasteiger charge is 2.33. The zero-order valence-corrected chi connectivity index (χ0v) is 17.9. The van der Waals surface area contributed by atoms with E-state index in [-0.39, 0.29) is 30.7 Å². The zero-order valence-electron chi connectivity index (χ0n) is 16.3. The number of carbonyl (C=O) groups is 1. The predicted octanol–water partition coefficient (Wildman–Crippen LogP) is 2.70. The van der Waals surface area contributed by atoms with Gasteiger partial charge in [0.1, 0.15) is 0 Å². The van der Waals surface area contributed by atoms with Crippen LogP contribution in [0.4, 0.5) is 5.69 Å². The van der Waals surface area contributed by atoms with E-state index in [0.717, 1.165) is 0 Å². The van der Waals surface area contributed by atoms with E-state index in [2.05, 4.69) is 5.32 Å². The Morgan fingerprint density at radius 2 is 1.89 bits per heavy atom. The smallest absolute Gasteiger partial charge is 0.408 e. The van der Waals surface area contributed by atoms with Crippen LogP contribution in [-0.2, 0) is 11.3 Å². The van der Waals surface area contributed by atoms with Crippen molar-refractivity contribution in [2.75, 3.05) is 32.5 Å². The first-order valence-electron chi connectivity index (χ1n) is 8.66. The Labute approximate surface area is 172 Å². The van der Waals surface area contributed by atoms with Gasteiger partial charge >= 0.3 is 5.76 Å². The molecule has 0 fully saturated rings. The number of nitrogens with one attached hydrogen (secondary N) is 1. The molecule has 1 aromatic carbocycles. The standard InChI is InChI=1S/C18H28N4O3.2ClH/c1-5-18(6-2,12-19)16(23)20-13-7-8-15-14(11-13)22(17(24)25-15)10-9-21(3)4;;/h7-8,11H,5-6,9-10,12,19H2,1-4H3,(H,20,23);2*1H. The van der Waals surface area contributed by atoms with Gasteiger partial charge in [0.2, 0.25) is 5.91 Å². The van der Waals surface area contributed by atoms with Crippen molar-refractivity contribution in [3.8, 4) is 0 Å². The molecule has 0 bridgehead atoms. The summed E-state index contributed by atoms with van der Waals surface area (Å²) in [6.07, 6.45) is 1.35. The molecule has 0 aliphatic rings. The van der Waals surface area contributed by atoms with Gasteiger partial charge in [0.25, 0.3) is 0 Å². The largest absolute Gasteiger partial charge is 0.419 e. The number of hydrogen-bond donors (Lipinski definition) is 2. The number of oxazole rings is 1. The van der Waals surface area contributed by atoms with Crippen molar-refractivity contribution < 1.29 is 9.21 Å². The SMILES string of the molecule is CCC(CC)(CN)C(=O)Nc1ccc2oc(=O)n(CCN(C)C)c2c1.Cl.Cl. The number of nitrogens with two attached hydrogens (primary N) is 1. The molecule has 2 aromatic rings. The van der Waals surface area contributed by atoms with Crippen LogP contribution in [0.3, 0.4) is 0 Å². The third-order valence-electron chi connectivity index (χ3n) is 4.92. The first kappa shape index (κ1) is 25.5. The molecular formula is C18H30Cl2N4O3. The van der Waals surface area contributed by atoms with E-state index in [1.807, 2.05) is 32.8 Å². The molecule has 0 aliphatic carbocycles. The van der Waals surface area contributed by atoms with Crippen LogP contribution in [-0.4, -0.2) is 42.6 Å². The third-order valence-corrected chi connectivity index (χ3v) is 4.92. The molecule has 1 aromatic heterocycles. The first-order valence-corrected chi connectivity index (χ1v) is 8.66. The fourth-order valence-electron chi connectivity index (χ4n) is 2.87. The predicted molar refractivity (Wildman–Crippen MR) is 114 cm³/mol. The minimum Gasteiger partial charge on any atom is -0.408 e. The minimum atomic E-state index is -0.573. The highest BCUT2D eigenvalue weighted by molar-refractivity contribution is 5.96. The fourth-order valence-corrected chi connectivity index (χ4v) is 2.87. The van der Waals surface area contributed by atoms with E-state index in [1.165, 1.54) is 0 Å². The molecular weight excluding hydrogens is 391 g/mol. The summed E-state index contributed by atoms with van der Waals surface area (Å²) in [6, 6.07) is 5.23. The Morgan fingerprint density at radius 1 is 1.26 bits per heavy atom. The lowest BCUT2D eigenvalue weighted by atomic mass is 9.81. The Balaban J connectivity index is 0.00000338. The number of halogens is 2. The number of nitrogens with zero attached hydrogens (tertiary/aromatic N) is 2. The summed E-state index contributed by atoms with van der Waals surface area (Å²) in [6.45, 7) is 5.47. The van der Waals surface area contributed by atoms with Crippen molar-refractivity contribution >= 4 is 47.5 Å². The van der Waals surface area contributed by atoms with E-state index >= 15 is 0 Å². The second-order valence-electron chi connectivity index (χ2n) is 6.65. The van der Waals surface area contributed by atoms with Gasteiger partial charge in [0, 0.05) is 25.3 Å². The molecule has 154 valence electrons. The van der Waals surface area contributed by atoms with Crippen molar-refractivity contribution in [2.45, 2.75) is 33.2 Å². The van der Waals surface area contributed by atoms with Gasteiger partial charge in [-0.1, -0.05) is 13.8 Å². The van der Waals surface area contributed by atoms with Crippen LogP contribution in [0.1, 0.15) is 26.7 Å². The molecule has 0 spiro atoms. The zero-order chi connectivity index (χ0) is 18.6. The van der Waals surface area contributed by atoms with Crippen LogP contribution < -0.4 is 16.8 Å². The second-order valence-corrected chi connectivity index (χ2v) is 6.65. The topological polar surface area (TPSA) is 93.5 Å². The minimum absolute atomic E-state index is 0. The highest BCUT2D eigenvalue weighted by atomic mass is 35.5. The van der Waals surface area contributed by atoms with E-state index in [0.29, 0.717) is 49.3 Å². The number of aromatic nitrogens is 1. The summed E-state index contributed by atoms with van der Waals surface area (Å²) in [7, 11) is 3.89. The Bertz CT molecular complexity index is 789. The molecule has 2 rings (SSSR count). The summed E-state index contributed by atoms with van der Waals surface area (Å²) in [5.74, 6) is -0.483. The molecule has 0 saturated heterocycles. The van der Waals surface area contributed by atoms with Gasteiger partial charge in [-0.25, -0.2) is 4.79 Å². The van der Waals surface area contributed by atoms with Gasteiger partial charge < -0.3 is 20.4 Å². The summed E-state index contributed by atoms with van der Waals surface area (Å²) in [4.78, 5) is 26.7. The monoisotopic (exact) mass is 420 g/mol. The number of carbonyl (C=O) groups excluding carboxylic acids is 1. The molecule has 0 atom stereocenters. The average molecular weight is 421 g/mol. The molecule has 0 saturated carbocycles. The second kappa shape index (κ2) is 10.7. The molecule has 0 aliphatic heterocycles. The molecule has 7 nitrogen and oxygen atoms in total. The maximum atomic E-state index is 12.7. The number of amides is 1. The van der Waals surface area contributed by atoms with Crippen molar-refractivity contribution in [1.82, 2.24) is 9.47 Å². The van der Waals surface area contributed by atoms with Crippen molar-refractivity contribution in [1.29, 1.82) is 0 Å². The van der Waals surface area contributed by atoms with Gasteiger partial charge in [-0.15, -0.1) is 24.8 Å². The number of fused-ring (bicyclic) bond motifs is 1. The number of hydrogen-bond acceptors (Lipinski definition) is 5. The molecule has 1 heterocycles. The number of anilines is 1. The molecule has 0 unspecified atom stereocenters. The maximum Gasteiger partial charge on any atom is 0.419 e. The van der Waals surface area contributed by atoms with Crippen LogP contribution in [0, 0.1) is 5.41 Å². The quantitative estimate of drug-likeness (QED) is 0.684. The lowest BCUT2D eigenvalue weighted by molar-refractivity contribution is -0.125. The summed E-state index contributed by atoms with van der Waals surface area (Å²) in [5.41, 5.74) is 7.09. The van der Waals surface area contributed by atoms with Crippen molar-refractivity contribution in [2.24, 2.45) is 11.1 Å². The molecule has 9 heteroatoms. The number of benzene rings is 1. The van der Waals surface area contributed by atoms with Gasteiger partial charge in [-0.2, -0.15) is 0 Å². The lowest BCUT2D eigenvalue weighted by Gasteiger charge is -2.28. The number of likely N-dealkylation sites (N-methyl/N-ethyl adjacent to an activating group) is 1. The fraction of sp³-hybridized carbons (Fsp3) is 0.556. The van der Waals surface area contributed by atoms with Crippen LogP contribution in [0.5, 0.6) is 0 Å². The Hall–Kier alpha value is -1.54. The average Bonchev–Trinajstić information content (AvgIpc) is 2.89. The lowest BCUT2D eigenvalue weighted by Crippen LogP contribution is -2.41. The summed E-state index contributed by atoms with van der Waals surface area (Å²) >= 11 is 0. The van der Waals surface area contributed by atoms with Crippen LogP contribution in [0.25, 0.3) is 11.1 Å². The van der Waals surface area contributed by atoms with Gasteiger partial charge in [0.05, 0.1) is 10.9 Å². The summed E-state index contributed by atoms with van der Waals surface area (Å²) < 4.78 is 6.86. The Morgan fingerprint density at radius 3 is 2.41 bits per heavy atom. The van der Waals surface area contributed by atoms with Crippen molar-refractivity contribution in [3.63, 3.8) is 0 Å². The normalized spacial score (nSPS) is 11.2. The van der Waals surface area contributed by atoms with E-state index in [4.69, 9.17) is 10.2 Å². The van der Waals surface area contributed by atoms with Crippen LogP contribution in [0.15, 0.2) is 27.4 Å². The van der Waals surface area contributed by atoms with Crippen LogP contribution >= 0.6 is 24.8 Å². The third kappa shape index (κ3) is 5.48. The maximum absolute atomic E-state index is 12.7. The van der Waals surface area contributed by atoms with Gasteiger partial charge in [-0.3, -0.25) is 9.36 Å². The molecule has 3 N–H and O–H groups in total. The Kier molecular flexibility index (Phi) is 10.1. The van der Waals surface area contributed by atoms with Gasteiger partial charge in [-0.05, 0) is 45.1 Å². The van der Waals surface area contributed by atoms with E-state index in [1.54, 1.807) is 22.8 Å². The van der Waals surface area contributed by atoms with E-state index < -0.39 is 11.2 Å². The molecule has 0 radical (unpaired) electrons. The summed E-state index contributed by atoms with van der Waals surface area (Å²) in [5, 5.41) is 2.94. The van der Waals surface area contributed by atoms with E-state index in [9.17, 15) is 9.59 Å². The van der Waals surface area contributed by atoms with Crippen molar-refractivity contribution in [3.05, 3.63) is 28.7 Å². The highest BCUT2D eigenvalue weighted by Crippen LogP contribution is 2.27. The van der Waals surface area contributed by atoms with Gasteiger partial charge in [0.15, 0.2) is 5.58 Å². The first-order chi connectivity index (χ1) is 11.9. The molecule has 1 amide bonds. The number of rotatable bonds is 8. The molecule has 27 heavy (non-hydrogen) atoms. The van der Waals surface area contributed by atoms with Crippen LogP contribution in [0.2, 0.25) is 0 Å².